The summed E-state index contributed by atoms with van der Waals surface area (Å²) in [6, 6.07) is 2.26. The van der Waals surface area contributed by atoms with Gasteiger partial charge in [0.15, 0.2) is 0 Å². The highest BCUT2D eigenvalue weighted by atomic mass is 127. The highest BCUT2D eigenvalue weighted by Crippen LogP contribution is 2.27. The average molecular weight is 357 g/mol. The van der Waals surface area contributed by atoms with E-state index in [1.165, 1.54) is 17.8 Å². The fraction of sp³-hybridized carbons (Fsp3) is 0.333. The molecular weight excluding hydrogens is 347 g/mol. The molecule has 1 rings (SSSR count). The van der Waals surface area contributed by atoms with Crippen LogP contribution in [0.15, 0.2) is 10.5 Å². The van der Waals surface area contributed by atoms with Crippen molar-refractivity contribution in [3.63, 3.8) is 0 Å². The largest absolute Gasteiger partial charge is 0.129 e. The molecular formula is C9H10BrIS. The lowest BCUT2D eigenvalue weighted by atomic mass is 10.2. The zero-order chi connectivity index (χ0) is 9.14. The number of thiophene rings is 1. The van der Waals surface area contributed by atoms with Crippen LogP contribution in [0.3, 0.4) is 0 Å². The van der Waals surface area contributed by atoms with Crippen LogP contribution in [-0.2, 0) is 6.42 Å². The van der Waals surface area contributed by atoms with E-state index in [1.54, 1.807) is 0 Å². The molecule has 0 aromatic carbocycles. The van der Waals surface area contributed by atoms with Gasteiger partial charge in [0.2, 0.25) is 0 Å². The zero-order valence-corrected chi connectivity index (χ0v) is 11.6. The lowest BCUT2D eigenvalue weighted by Crippen LogP contribution is -1.76. The van der Waals surface area contributed by atoms with Gasteiger partial charge < -0.3 is 0 Å². The summed E-state index contributed by atoms with van der Waals surface area (Å²) in [5.41, 5.74) is 1.45. The molecule has 0 saturated carbocycles. The summed E-state index contributed by atoms with van der Waals surface area (Å²) in [4.78, 5) is 1.39. The first kappa shape index (κ1) is 10.7. The molecule has 0 N–H and O–H groups in total. The van der Waals surface area contributed by atoms with Crippen LogP contribution in [-0.4, -0.2) is 0 Å². The summed E-state index contributed by atoms with van der Waals surface area (Å²) < 4.78 is 2.56. The molecule has 0 aliphatic heterocycles. The van der Waals surface area contributed by atoms with Crippen molar-refractivity contribution in [3.8, 4) is 0 Å². The van der Waals surface area contributed by atoms with Crippen LogP contribution in [0.25, 0.3) is 6.08 Å². The molecule has 0 saturated heterocycles. The van der Waals surface area contributed by atoms with E-state index in [4.69, 9.17) is 0 Å². The van der Waals surface area contributed by atoms with Crippen molar-refractivity contribution in [1.29, 1.82) is 0 Å². The van der Waals surface area contributed by atoms with Gasteiger partial charge in [0, 0.05) is 4.88 Å². The fourth-order valence-electron chi connectivity index (χ4n) is 0.987. The van der Waals surface area contributed by atoms with E-state index in [0.717, 1.165) is 6.42 Å². The molecule has 0 amide bonds. The molecule has 66 valence electrons. The molecule has 0 spiro atoms. The Kier molecular flexibility index (Phi) is 4.26. The van der Waals surface area contributed by atoms with Crippen LogP contribution < -0.4 is 0 Å². The van der Waals surface area contributed by atoms with E-state index in [-0.39, 0.29) is 0 Å². The minimum atomic E-state index is 1.12. The summed E-state index contributed by atoms with van der Waals surface area (Å²) in [7, 11) is 0. The van der Waals surface area contributed by atoms with Gasteiger partial charge in [-0.1, -0.05) is 22.9 Å². The van der Waals surface area contributed by atoms with Crippen LogP contribution >= 0.6 is 49.9 Å². The fourth-order valence-corrected chi connectivity index (χ4v) is 3.44. The quantitative estimate of drug-likeness (QED) is 0.675. The van der Waals surface area contributed by atoms with Crippen LogP contribution in [0.1, 0.15) is 24.3 Å². The SMILES string of the molecule is CCc1cc(I)sc1/C=C(\C)Br. The molecule has 0 unspecified atom stereocenters. The van der Waals surface area contributed by atoms with Gasteiger partial charge in [-0.3, -0.25) is 0 Å². The third kappa shape index (κ3) is 2.85. The second-order valence-electron chi connectivity index (χ2n) is 2.52. The van der Waals surface area contributed by atoms with Crippen LogP contribution in [0, 0.1) is 2.88 Å². The maximum absolute atomic E-state index is 3.45. The molecule has 0 fully saturated rings. The monoisotopic (exact) mass is 356 g/mol. The first-order valence-electron chi connectivity index (χ1n) is 3.75. The van der Waals surface area contributed by atoms with E-state index >= 15 is 0 Å². The number of hydrogen-bond donors (Lipinski definition) is 0. The minimum absolute atomic E-state index is 1.12. The Hall–Kier alpha value is 0.650. The van der Waals surface area contributed by atoms with Crippen molar-refractivity contribution < 1.29 is 0 Å². The first-order chi connectivity index (χ1) is 5.63. The lowest BCUT2D eigenvalue weighted by molar-refractivity contribution is 1.15. The molecule has 1 aromatic heterocycles. The van der Waals surface area contributed by atoms with Crippen molar-refractivity contribution in [2.75, 3.05) is 0 Å². The van der Waals surface area contributed by atoms with Crippen LogP contribution in [0.2, 0.25) is 0 Å². The predicted octanol–water partition coefficient (Wildman–Crippen LogP) is 4.67. The molecule has 1 heterocycles. The highest BCUT2D eigenvalue weighted by Gasteiger charge is 2.02. The van der Waals surface area contributed by atoms with E-state index in [9.17, 15) is 0 Å². The van der Waals surface area contributed by atoms with E-state index < -0.39 is 0 Å². The van der Waals surface area contributed by atoms with Gasteiger partial charge in [0.1, 0.15) is 0 Å². The molecule has 0 bridgehead atoms. The molecule has 1 aromatic rings. The average Bonchev–Trinajstić information content (AvgIpc) is 2.29. The predicted molar refractivity (Wildman–Crippen MR) is 69.0 cm³/mol. The number of rotatable bonds is 2. The number of aryl methyl sites for hydroxylation is 1. The zero-order valence-electron chi connectivity index (χ0n) is 7.03. The van der Waals surface area contributed by atoms with E-state index in [1.807, 2.05) is 11.3 Å². The Labute approximate surface area is 99.3 Å². The van der Waals surface area contributed by atoms with Gasteiger partial charge in [0.25, 0.3) is 0 Å². The Morgan fingerprint density at radius 3 is 2.92 bits per heavy atom. The molecule has 0 nitrogen and oxygen atoms in total. The number of allylic oxidation sites excluding steroid dienone is 1. The van der Waals surface area contributed by atoms with Gasteiger partial charge in [-0.25, -0.2) is 0 Å². The second kappa shape index (κ2) is 4.77. The Morgan fingerprint density at radius 2 is 2.42 bits per heavy atom. The van der Waals surface area contributed by atoms with E-state index in [2.05, 4.69) is 64.5 Å². The Balaban J connectivity index is 3.05. The standard InChI is InChI=1S/C9H10BrIS/c1-3-7-5-9(11)12-8(7)4-6(2)10/h4-5H,3H2,1-2H3/b6-4+. The van der Waals surface area contributed by atoms with Gasteiger partial charge in [0.05, 0.1) is 2.88 Å². The van der Waals surface area contributed by atoms with E-state index in [0.29, 0.717) is 0 Å². The summed E-state index contributed by atoms with van der Waals surface area (Å²) in [5.74, 6) is 0. The smallest absolute Gasteiger partial charge is 0.0662 e. The maximum atomic E-state index is 3.45. The van der Waals surface area contributed by atoms with Gasteiger partial charge in [-0.05, 0) is 58.1 Å². The Morgan fingerprint density at radius 1 is 1.75 bits per heavy atom. The van der Waals surface area contributed by atoms with Gasteiger partial charge >= 0.3 is 0 Å². The normalized spacial score (nSPS) is 12.2. The maximum Gasteiger partial charge on any atom is 0.0662 e. The first-order valence-corrected chi connectivity index (χ1v) is 6.44. The van der Waals surface area contributed by atoms with Crippen molar-refractivity contribution in [2.24, 2.45) is 0 Å². The molecule has 3 heteroatoms. The van der Waals surface area contributed by atoms with Crippen molar-refractivity contribution >= 4 is 55.9 Å². The molecule has 0 atom stereocenters. The van der Waals surface area contributed by atoms with Crippen LogP contribution in [0.4, 0.5) is 0 Å². The van der Waals surface area contributed by atoms with Crippen LogP contribution in [0.5, 0.6) is 0 Å². The topological polar surface area (TPSA) is 0 Å². The number of halogens is 2. The second-order valence-corrected chi connectivity index (χ2v) is 6.75. The number of hydrogen-bond acceptors (Lipinski definition) is 1. The molecule has 0 radical (unpaired) electrons. The van der Waals surface area contributed by atoms with Crippen molar-refractivity contribution in [3.05, 3.63) is 23.9 Å². The van der Waals surface area contributed by atoms with Gasteiger partial charge in [-0.2, -0.15) is 0 Å². The summed E-state index contributed by atoms with van der Waals surface area (Å²) in [5, 5.41) is 0. The van der Waals surface area contributed by atoms with Crippen molar-refractivity contribution in [1.82, 2.24) is 0 Å². The summed E-state index contributed by atoms with van der Waals surface area (Å²) in [6.07, 6.45) is 3.30. The third-order valence-corrected chi connectivity index (χ3v) is 3.64. The third-order valence-electron chi connectivity index (χ3n) is 1.52. The minimum Gasteiger partial charge on any atom is -0.129 e. The molecule has 0 aliphatic carbocycles. The van der Waals surface area contributed by atoms with Crippen molar-refractivity contribution in [2.45, 2.75) is 20.3 Å². The van der Waals surface area contributed by atoms with Gasteiger partial charge in [-0.15, -0.1) is 11.3 Å². The summed E-state index contributed by atoms with van der Waals surface area (Å²) in [6.45, 7) is 4.26. The molecule has 0 aliphatic rings. The Bertz CT molecular complexity index is 297. The molecule has 12 heavy (non-hydrogen) atoms. The summed E-state index contributed by atoms with van der Waals surface area (Å²) >= 11 is 7.67. The highest BCUT2D eigenvalue weighted by molar-refractivity contribution is 14.1. The lowest BCUT2D eigenvalue weighted by Gasteiger charge is -1.93.